The fourth-order valence-corrected chi connectivity index (χ4v) is 2.76. The van der Waals surface area contributed by atoms with Crippen LogP contribution >= 0.6 is 11.6 Å². The summed E-state index contributed by atoms with van der Waals surface area (Å²) in [6, 6.07) is 7.46. The van der Waals surface area contributed by atoms with Crippen molar-refractivity contribution in [2.45, 2.75) is 26.3 Å². The Kier molecular flexibility index (Phi) is 4.68. The first-order chi connectivity index (χ1) is 9.38. The largest absolute Gasteiger partial charge is 0.327 e. The number of para-hydroxylation sites is 1. The molecule has 1 aromatic carbocycles. The molecule has 1 atom stereocenters. The van der Waals surface area contributed by atoms with Crippen molar-refractivity contribution < 1.29 is 4.79 Å². The molecule has 1 saturated heterocycles. The molecule has 1 unspecified atom stereocenters. The average molecular weight is 296 g/mol. The van der Waals surface area contributed by atoms with Crippen LogP contribution in [-0.2, 0) is 4.79 Å². The van der Waals surface area contributed by atoms with Gasteiger partial charge in [-0.15, -0.1) is 0 Å². The van der Waals surface area contributed by atoms with E-state index in [0.29, 0.717) is 17.3 Å². The lowest BCUT2D eigenvalue weighted by molar-refractivity contribution is -0.118. The molecule has 0 saturated carbocycles. The van der Waals surface area contributed by atoms with Gasteiger partial charge >= 0.3 is 0 Å². The number of piperidine rings is 1. The van der Waals surface area contributed by atoms with Gasteiger partial charge in [0, 0.05) is 19.1 Å². The first-order valence-corrected chi connectivity index (χ1v) is 7.28. The van der Waals surface area contributed by atoms with Crippen LogP contribution in [0.3, 0.4) is 0 Å². The van der Waals surface area contributed by atoms with E-state index in [0.717, 1.165) is 19.5 Å². The molecule has 1 aliphatic heterocycles. The maximum atomic E-state index is 12.1. The number of hydrogen-bond donors (Lipinski definition) is 2. The Morgan fingerprint density at radius 1 is 1.50 bits per heavy atom. The summed E-state index contributed by atoms with van der Waals surface area (Å²) in [7, 11) is 0. The van der Waals surface area contributed by atoms with Gasteiger partial charge in [0.1, 0.15) is 0 Å². The lowest BCUT2D eigenvalue weighted by Gasteiger charge is -2.42. The van der Waals surface area contributed by atoms with Gasteiger partial charge in [0.2, 0.25) is 5.91 Å². The summed E-state index contributed by atoms with van der Waals surface area (Å²) >= 11 is 6.03. The van der Waals surface area contributed by atoms with Crippen LogP contribution in [0.25, 0.3) is 0 Å². The van der Waals surface area contributed by atoms with Crippen molar-refractivity contribution in [1.29, 1.82) is 0 Å². The Morgan fingerprint density at radius 2 is 2.20 bits per heavy atom. The van der Waals surface area contributed by atoms with Crippen LogP contribution < -0.4 is 11.1 Å². The first kappa shape index (κ1) is 15.3. The first-order valence-electron chi connectivity index (χ1n) is 6.91. The molecule has 1 heterocycles. The van der Waals surface area contributed by atoms with E-state index in [1.54, 1.807) is 12.1 Å². The Hall–Kier alpha value is -1.10. The minimum absolute atomic E-state index is 0.0376. The maximum absolute atomic E-state index is 12.1. The summed E-state index contributed by atoms with van der Waals surface area (Å²) < 4.78 is 0. The summed E-state index contributed by atoms with van der Waals surface area (Å²) in [4.78, 5) is 14.2. The van der Waals surface area contributed by atoms with Gasteiger partial charge in [0.05, 0.1) is 17.3 Å². The molecule has 0 bridgehead atoms. The zero-order valence-corrected chi connectivity index (χ0v) is 12.8. The van der Waals surface area contributed by atoms with E-state index in [-0.39, 0.29) is 17.4 Å². The minimum atomic E-state index is -0.0376. The van der Waals surface area contributed by atoms with Crippen molar-refractivity contribution in [3.8, 4) is 0 Å². The normalized spacial score (nSPS) is 22.5. The van der Waals surface area contributed by atoms with E-state index in [9.17, 15) is 4.79 Å². The number of anilines is 1. The number of nitrogens with one attached hydrogen (secondary N) is 1. The number of carbonyl (C=O) groups excluding carboxylic acids is 1. The van der Waals surface area contributed by atoms with E-state index < -0.39 is 0 Å². The number of hydrogen-bond acceptors (Lipinski definition) is 3. The Labute approximate surface area is 125 Å². The quantitative estimate of drug-likeness (QED) is 0.900. The molecular weight excluding hydrogens is 274 g/mol. The highest BCUT2D eigenvalue weighted by Gasteiger charge is 2.33. The monoisotopic (exact) mass is 295 g/mol. The highest BCUT2D eigenvalue weighted by molar-refractivity contribution is 6.33. The minimum Gasteiger partial charge on any atom is -0.327 e. The van der Waals surface area contributed by atoms with Gasteiger partial charge in [0.15, 0.2) is 0 Å². The van der Waals surface area contributed by atoms with E-state index in [1.165, 1.54) is 0 Å². The lowest BCUT2D eigenvalue weighted by Crippen LogP contribution is -2.53. The summed E-state index contributed by atoms with van der Waals surface area (Å²) in [5.74, 6) is -0.0376. The van der Waals surface area contributed by atoms with Gasteiger partial charge in [-0.3, -0.25) is 9.69 Å². The molecule has 0 aromatic heterocycles. The van der Waals surface area contributed by atoms with Crippen LogP contribution in [-0.4, -0.2) is 36.5 Å². The second kappa shape index (κ2) is 6.12. The molecule has 1 fully saturated rings. The fraction of sp³-hybridized carbons (Fsp3) is 0.533. The third-order valence-electron chi connectivity index (χ3n) is 3.91. The number of nitrogens with two attached hydrogens (primary N) is 1. The standard InChI is InChI=1S/C15H22ClN3O/c1-15(2)10-19(8-7-13(15)17)9-14(20)18-12-6-4-3-5-11(12)16/h3-6,13H,7-10,17H2,1-2H3,(H,18,20). The van der Waals surface area contributed by atoms with Crippen molar-refractivity contribution in [3.05, 3.63) is 29.3 Å². The van der Waals surface area contributed by atoms with Crippen LogP contribution in [0.5, 0.6) is 0 Å². The van der Waals surface area contributed by atoms with Gasteiger partial charge in [-0.2, -0.15) is 0 Å². The van der Waals surface area contributed by atoms with E-state index in [1.807, 2.05) is 12.1 Å². The summed E-state index contributed by atoms with van der Waals surface area (Å²) in [5.41, 5.74) is 6.81. The summed E-state index contributed by atoms with van der Waals surface area (Å²) in [6.45, 7) is 6.37. The SMILES string of the molecule is CC1(C)CN(CC(=O)Nc2ccccc2Cl)CCC1N. The molecule has 1 aromatic rings. The summed E-state index contributed by atoms with van der Waals surface area (Å²) in [6.07, 6.45) is 0.923. The van der Waals surface area contributed by atoms with Crippen molar-refractivity contribution >= 4 is 23.2 Å². The lowest BCUT2D eigenvalue weighted by atomic mass is 9.80. The molecule has 0 radical (unpaired) electrons. The van der Waals surface area contributed by atoms with Gasteiger partial charge in [-0.1, -0.05) is 37.6 Å². The zero-order chi connectivity index (χ0) is 14.8. The molecular formula is C15H22ClN3O. The number of rotatable bonds is 3. The van der Waals surface area contributed by atoms with Crippen LogP contribution in [0.15, 0.2) is 24.3 Å². The number of carbonyl (C=O) groups is 1. The molecule has 1 amide bonds. The molecule has 4 nitrogen and oxygen atoms in total. The van der Waals surface area contributed by atoms with Gasteiger partial charge in [-0.25, -0.2) is 0 Å². The van der Waals surface area contributed by atoms with Crippen molar-refractivity contribution in [3.63, 3.8) is 0 Å². The van der Waals surface area contributed by atoms with Crippen molar-refractivity contribution in [1.82, 2.24) is 4.90 Å². The van der Waals surface area contributed by atoms with Gasteiger partial charge in [0.25, 0.3) is 0 Å². The molecule has 110 valence electrons. The highest BCUT2D eigenvalue weighted by Crippen LogP contribution is 2.27. The molecule has 1 aliphatic rings. The number of amides is 1. The molecule has 5 heteroatoms. The van der Waals surface area contributed by atoms with Crippen molar-refractivity contribution in [2.75, 3.05) is 25.0 Å². The average Bonchev–Trinajstić information content (AvgIpc) is 2.36. The zero-order valence-electron chi connectivity index (χ0n) is 12.0. The predicted molar refractivity (Wildman–Crippen MR) is 82.9 cm³/mol. The van der Waals surface area contributed by atoms with Gasteiger partial charge < -0.3 is 11.1 Å². The number of likely N-dealkylation sites (tertiary alicyclic amines) is 1. The van der Waals surface area contributed by atoms with Crippen LogP contribution in [0.1, 0.15) is 20.3 Å². The van der Waals surface area contributed by atoms with Crippen LogP contribution in [0.2, 0.25) is 5.02 Å². The Morgan fingerprint density at radius 3 is 2.85 bits per heavy atom. The Bertz CT molecular complexity index is 490. The second-order valence-corrected chi connectivity index (χ2v) is 6.53. The topological polar surface area (TPSA) is 58.4 Å². The third-order valence-corrected chi connectivity index (χ3v) is 4.24. The second-order valence-electron chi connectivity index (χ2n) is 6.12. The highest BCUT2D eigenvalue weighted by atomic mass is 35.5. The number of nitrogens with zero attached hydrogens (tertiary/aromatic N) is 1. The molecule has 0 spiro atoms. The van der Waals surface area contributed by atoms with Gasteiger partial charge in [-0.05, 0) is 24.0 Å². The van der Waals surface area contributed by atoms with E-state index in [2.05, 4.69) is 24.1 Å². The fourth-order valence-electron chi connectivity index (χ4n) is 2.58. The third kappa shape index (κ3) is 3.72. The van der Waals surface area contributed by atoms with Crippen LogP contribution in [0, 0.1) is 5.41 Å². The molecule has 3 N–H and O–H groups in total. The van der Waals surface area contributed by atoms with Crippen molar-refractivity contribution in [2.24, 2.45) is 11.1 Å². The molecule has 0 aliphatic carbocycles. The van der Waals surface area contributed by atoms with E-state index in [4.69, 9.17) is 17.3 Å². The molecule has 2 rings (SSSR count). The number of halogens is 1. The van der Waals surface area contributed by atoms with Crippen LogP contribution in [0.4, 0.5) is 5.69 Å². The maximum Gasteiger partial charge on any atom is 0.238 e. The smallest absolute Gasteiger partial charge is 0.238 e. The Balaban J connectivity index is 1.91. The molecule has 20 heavy (non-hydrogen) atoms. The predicted octanol–water partition coefficient (Wildman–Crippen LogP) is 2.34. The number of benzene rings is 1. The van der Waals surface area contributed by atoms with E-state index >= 15 is 0 Å². The summed E-state index contributed by atoms with van der Waals surface area (Å²) in [5, 5.41) is 3.41.